The van der Waals surface area contributed by atoms with Crippen molar-refractivity contribution in [2.24, 2.45) is 0 Å². The molecule has 0 bridgehead atoms. The molecule has 0 saturated carbocycles. The molecule has 2 fully saturated rings. The van der Waals surface area contributed by atoms with Crippen LogP contribution in [-0.4, -0.2) is 68.1 Å². The Labute approximate surface area is 173 Å². The smallest absolute Gasteiger partial charge is 0.237 e. The van der Waals surface area contributed by atoms with Crippen molar-refractivity contribution in [3.8, 4) is 11.5 Å². The number of piperazine rings is 1. The molecule has 2 amide bonds. The number of carbonyl (C=O) groups is 2. The molecule has 29 heavy (non-hydrogen) atoms. The number of nitrogens with one attached hydrogen (secondary N) is 1. The van der Waals surface area contributed by atoms with Crippen LogP contribution >= 0.6 is 0 Å². The van der Waals surface area contributed by atoms with Crippen molar-refractivity contribution in [1.82, 2.24) is 15.1 Å². The number of hydrogen-bond acceptors (Lipinski definition) is 5. The van der Waals surface area contributed by atoms with Crippen LogP contribution in [-0.2, 0) is 16.1 Å². The van der Waals surface area contributed by atoms with Gasteiger partial charge in [-0.05, 0) is 30.5 Å². The van der Waals surface area contributed by atoms with E-state index in [0.29, 0.717) is 31.1 Å². The van der Waals surface area contributed by atoms with E-state index in [4.69, 9.17) is 9.47 Å². The molecule has 160 valence electrons. The lowest BCUT2D eigenvalue weighted by Crippen LogP contribution is -2.56. The third kappa shape index (κ3) is 5.85. The van der Waals surface area contributed by atoms with Crippen LogP contribution in [0.2, 0.25) is 0 Å². The molecule has 2 heterocycles. The van der Waals surface area contributed by atoms with Gasteiger partial charge >= 0.3 is 0 Å². The van der Waals surface area contributed by atoms with E-state index in [0.717, 1.165) is 31.5 Å². The lowest BCUT2D eigenvalue weighted by molar-refractivity contribution is -0.139. The van der Waals surface area contributed by atoms with Gasteiger partial charge in [-0.1, -0.05) is 19.3 Å². The molecule has 1 N–H and O–H groups in total. The summed E-state index contributed by atoms with van der Waals surface area (Å²) in [4.78, 5) is 29.6. The number of carbonyl (C=O) groups excluding carboxylic acids is 2. The molecule has 2 aliphatic rings. The first kappa shape index (κ1) is 21.4. The van der Waals surface area contributed by atoms with Gasteiger partial charge in [0.15, 0.2) is 0 Å². The molecular weight excluding hydrogens is 370 g/mol. The summed E-state index contributed by atoms with van der Waals surface area (Å²) in [6.07, 6.45) is 5.94. The second-order valence-electron chi connectivity index (χ2n) is 7.85. The van der Waals surface area contributed by atoms with Crippen LogP contribution in [0, 0.1) is 0 Å². The fourth-order valence-electron chi connectivity index (χ4n) is 4.16. The first-order valence-corrected chi connectivity index (χ1v) is 10.6. The lowest BCUT2D eigenvalue weighted by Gasteiger charge is -2.36. The number of likely N-dealkylation sites (tertiary alicyclic amines) is 1. The molecule has 0 aromatic heterocycles. The molecule has 2 aliphatic heterocycles. The Bertz CT molecular complexity index is 679. The normalized spacial score (nSPS) is 21.1. The van der Waals surface area contributed by atoms with Gasteiger partial charge < -0.3 is 19.7 Å². The molecule has 1 aromatic rings. The van der Waals surface area contributed by atoms with Gasteiger partial charge in [-0.2, -0.15) is 0 Å². The first-order chi connectivity index (χ1) is 14.1. The van der Waals surface area contributed by atoms with Crippen LogP contribution in [0.3, 0.4) is 0 Å². The highest BCUT2D eigenvalue weighted by molar-refractivity contribution is 5.88. The first-order valence-electron chi connectivity index (χ1n) is 10.6. The minimum Gasteiger partial charge on any atom is -0.497 e. The highest BCUT2D eigenvalue weighted by atomic mass is 16.5. The Morgan fingerprint density at radius 2 is 1.62 bits per heavy atom. The standard InChI is InChI=1S/C22H33N3O4/c1-28-18-12-17(13-19(14-18)29-2)16-25-11-8-23-22(27)20(25)15-21(26)24-9-6-4-3-5-7-10-24/h12-14,20H,3-11,15-16H2,1-2H3,(H,23,27). The highest BCUT2D eigenvalue weighted by Gasteiger charge is 2.33. The van der Waals surface area contributed by atoms with Crippen LogP contribution in [0.15, 0.2) is 18.2 Å². The third-order valence-corrected chi connectivity index (χ3v) is 5.82. The largest absolute Gasteiger partial charge is 0.497 e. The van der Waals surface area contributed by atoms with Crippen LogP contribution < -0.4 is 14.8 Å². The number of benzene rings is 1. The zero-order chi connectivity index (χ0) is 20.6. The number of methoxy groups -OCH3 is 2. The van der Waals surface area contributed by atoms with Crippen LogP contribution in [0.1, 0.15) is 44.1 Å². The quantitative estimate of drug-likeness (QED) is 0.788. The zero-order valence-electron chi connectivity index (χ0n) is 17.6. The predicted octanol–water partition coefficient (Wildman–Crippen LogP) is 2.19. The number of ether oxygens (including phenoxy) is 2. The molecular formula is C22H33N3O4. The molecule has 0 spiro atoms. The maximum atomic E-state index is 13.0. The van der Waals surface area contributed by atoms with E-state index in [-0.39, 0.29) is 18.2 Å². The monoisotopic (exact) mass is 403 g/mol. The van der Waals surface area contributed by atoms with E-state index in [2.05, 4.69) is 10.2 Å². The number of rotatable bonds is 6. The van der Waals surface area contributed by atoms with Crippen molar-refractivity contribution in [2.75, 3.05) is 40.4 Å². The van der Waals surface area contributed by atoms with E-state index >= 15 is 0 Å². The average molecular weight is 404 g/mol. The van der Waals surface area contributed by atoms with E-state index in [9.17, 15) is 9.59 Å². The van der Waals surface area contributed by atoms with Crippen molar-refractivity contribution in [3.05, 3.63) is 23.8 Å². The fraction of sp³-hybridized carbons (Fsp3) is 0.636. The summed E-state index contributed by atoms with van der Waals surface area (Å²) >= 11 is 0. The Morgan fingerprint density at radius 1 is 1.00 bits per heavy atom. The van der Waals surface area contributed by atoms with Crippen molar-refractivity contribution in [2.45, 2.75) is 51.1 Å². The molecule has 7 heteroatoms. The minimum atomic E-state index is -0.445. The maximum absolute atomic E-state index is 13.0. The summed E-state index contributed by atoms with van der Waals surface area (Å²) in [7, 11) is 3.25. The summed E-state index contributed by atoms with van der Waals surface area (Å²) in [5, 5.41) is 2.92. The third-order valence-electron chi connectivity index (χ3n) is 5.82. The predicted molar refractivity (Wildman–Crippen MR) is 111 cm³/mol. The van der Waals surface area contributed by atoms with Crippen molar-refractivity contribution in [3.63, 3.8) is 0 Å². The van der Waals surface area contributed by atoms with Gasteiger partial charge in [0, 0.05) is 38.8 Å². The summed E-state index contributed by atoms with van der Waals surface area (Å²) in [5.74, 6) is 1.46. The molecule has 3 rings (SSSR count). The Kier molecular flexibility index (Phi) is 7.75. The molecule has 0 aliphatic carbocycles. The summed E-state index contributed by atoms with van der Waals surface area (Å²) in [6, 6.07) is 5.28. The van der Waals surface area contributed by atoms with Gasteiger partial charge in [0.05, 0.1) is 26.7 Å². The van der Waals surface area contributed by atoms with Gasteiger partial charge in [-0.3, -0.25) is 14.5 Å². The Morgan fingerprint density at radius 3 is 2.24 bits per heavy atom. The van der Waals surface area contributed by atoms with E-state index in [1.165, 1.54) is 19.3 Å². The number of amides is 2. The number of nitrogens with zero attached hydrogens (tertiary/aromatic N) is 2. The van der Waals surface area contributed by atoms with Crippen LogP contribution in [0.25, 0.3) is 0 Å². The van der Waals surface area contributed by atoms with Crippen LogP contribution in [0.4, 0.5) is 0 Å². The van der Waals surface area contributed by atoms with Crippen molar-refractivity contribution >= 4 is 11.8 Å². The average Bonchev–Trinajstić information content (AvgIpc) is 2.69. The topological polar surface area (TPSA) is 71.1 Å². The molecule has 1 aromatic carbocycles. The van der Waals surface area contributed by atoms with Crippen molar-refractivity contribution in [1.29, 1.82) is 0 Å². The summed E-state index contributed by atoms with van der Waals surface area (Å²) in [6.45, 7) is 3.48. The molecule has 1 unspecified atom stereocenters. The van der Waals surface area contributed by atoms with E-state index in [1.807, 2.05) is 23.1 Å². The van der Waals surface area contributed by atoms with Gasteiger partial charge in [-0.15, -0.1) is 0 Å². The van der Waals surface area contributed by atoms with Gasteiger partial charge in [0.25, 0.3) is 0 Å². The number of hydrogen-bond donors (Lipinski definition) is 1. The zero-order valence-corrected chi connectivity index (χ0v) is 17.6. The molecule has 7 nitrogen and oxygen atoms in total. The second kappa shape index (κ2) is 10.5. The molecule has 0 radical (unpaired) electrons. The van der Waals surface area contributed by atoms with Gasteiger partial charge in [0.1, 0.15) is 11.5 Å². The summed E-state index contributed by atoms with van der Waals surface area (Å²) in [5.41, 5.74) is 1.000. The minimum absolute atomic E-state index is 0.0634. The SMILES string of the molecule is COc1cc(CN2CCNC(=O)C2CC(=O)N2CCCCCCC2)cc(OC)c1. The van der Waals surface area contributed by atoms with Gasteiger partial charge in [-0.25, -0.2) is 0 Å². The van der Waals surface area contributed by atoms with Gasteiger partial charge in [0.2, 0.25) is 11.8 Å². The lowest BCUT2D eigenvalue weighted by atomic mass is 10.0. The maximum Gasteiger partial charge on any atom is 0.237 e. The Balaban J connectivity index is 1.70. The van der Waals surface area contributed by atoms with E-state index < -0.39 is 6.04 Å². The molecule has 1 atom stereocenters. The highest BCUT2D eigenvalue weighted by Crippen LogP contribution is 2.25. The van der Waals surface area contributed by atoms with E-state index in [1.54, 1.807) is 14.2 Å². The van der Waals surface area contributed by atoms with Crippen LogP contribution in [0.5, 0.6) is 11.5 Å². The second-order valence-corrected chi connectivity index (χ2v) is 7.85. The molecule has 2 saturated heterocycles. The Hall–Kier alpha value is -2.28. The van der Waals surface area contributed by atoms with Crippen molar-refractivity contribution < 1.29 is 19.1 Å². The fourth-order valence-corrected chi connectivity index (χ4v) is 4.16. The summed E-state index contributed by atoms with van der Waals surface area (Å²) < 4.78 is 10.7.